The standard InChI is InChI=1S/C23H18ClN5O3/c24-16-4-1-3-15(11-16)23(31)25-17-5-2-6-18(12-17)32-21-10-9-20-26-19(13-29(20)28-21)27-22(30)14-7-8-14/h1-6,9-14H,7-8H2,(H,25,31)(H,27,30). The predicted molar refractivity (Wildman–Crippen MR) is 120 cm³/mol. The molecule has 1 fully saturated rings. The summed E-state index contributed by atoms with van der Waals surface area (Å²) in [6.45, 7) is 0. The summed E-state index contributed by atoms with van der Waals surface area (Å²) >= 11 is 5.96. The van der Waals surface area contributed by atoms with Crippen LogP contribution in [0.3, 0.4) is 0 Å². The highest BCUT2D eigenvalue weighted by molar-refractivity contribution is 6.31. The van der Waals surface area contributed by atoms with E-state index in [4.69, 9.17) is 16.3 Å². The van der Waals surface area contributed by atoms with Gasteiger partial charge < -0.3 is 15.4 Å². The van der Waals surface area contributed by atoms with Crippen LogP contribution < -0.4 is 15.4 Å². The van der Waals surface area contributed by atoms with E-state index in [0.717, 1.165) is 12.8 Å². The molecule has 2 amide bonds. The lowest BCUT2D eigenvalue weighted by atomic mass is 10.2. The second-order valence-corrected chi connectivity index (χ2v) is 7.89. The Kier molecular flexibility index (Phi) is 5.20. The Hall–Kier alpha value is -3.91. The van der Waals surface area contributed by atoms with Gasteiger partial charge in [-0.15, -0.1) is 5.10 Å². The average Bonchev–Trinajstić information content (AvgIpc) is 3.55. The zero-order chi connectivity index (χ0) is 22.1. The zero-order valence-electron chi connectivity index (χ0n) is 16.8. The molecule has 2 N–H and O–H groups in total. The van der Waals surface area contributed by atoms with Crippen LogP contribution in [0.1, 0.15) is 23.2 Å². The molecular formula is C23H18ClN5O3. The number of hydrogen-bond donors (Lipinski definition) is 2. The van der Waals surface area contributed by atoms with E-state index in [1.54, 1.807) is 71.4 Å². The molecule has 4 aromatic rings. The molecule has 32 heavy (non-hydrogen) atoms. The van der Waals surface area contributed by atoms with E-state index in [1.807, 2.05) is 0 Å². The summed E-state index contributed by atoms with van der Waals surface area (Å²) in [5, 5.41) is 10.5. The highest BCUT2D eigenvalue weighted by Crippen LogP contribution is 2.30. The second-order valence-electron chi connectivity index (χ2n) is 7.46. The normalized spacial score (nSPS) is 13.0. The number of imidazole rings is 1. The number of anilines is 2. The molecule has 0 aliphatic heterocycles. The maximum absolute atomic E-state index is 12.4. The Balaban J connectivity index is 1.29. The van der Waals surface area contributed by atoms with Crippen LogP contribution in [0, 0.1) is 5.92 Å². The van der Waals surface area contributed by atoms with Gasteiger partial charge in [-0.2, -0.15) is 0 Å². The first-order valence-electron chi connectivity index (χ1n) is 10.1. The van der Waals surface area contributed by atoms with Gasteiger partial charge in [-0.05, 0) is 49.2 Å². The number of fused-ring (bicyclic) bond motifs is 1. The van der Waals surface area contributed by atoms with Crippen molar-refractivity contribution in [3.8, 4) is 11.6 Å². The molecule has 0 saturated heterocycles. The topological polar surface area (TPSA) is 97.6 Å². The Bertz CT molecular complexity index is 1330. The quantitative estimate of drug-likeness (QED) is 0.443. The van der Waals surface area contributed by atoms with Gasteiger partial charge in [0, 0.05) is 34.3 Å². The lowest BCUT2D eigenvalue weighted by molar-refractivity contribution is -0.117. The molecule has 2 heterocycles. The van der Waals surface area contributed by atoms with Gasteiger partial charge in [0.05, 0.1) is 6.20 Å². The number of amides is 2. The van der Waals surface area contributed by atoms with E-state index in [1.165, 1.54) is 0 Å². The number of halogens is 1. The fourth-order valence-corrected chi connectivity index (χ4v) is 3.33. The van der Waals surface area contributed by atoms with Gasteiger partial charge in [0.1, 0.15) is 5.75 Å². The molecule has 160 valence electrons. The Morgan fingerprint density at radius 3 is 2.69 bits per heavy atom. The van der Waals surface area contributed by atoms with E-state index in [0.29, 0.717) is 39.4 Å². The fourth-order valence-electron chi connectivity index (χ4n) is 3.14. The van der Waals surface area contributed by atoms with Crippen molar-refractivity contribution in [1.29, 1.82) is 0 Å². The van der Waals surface area contributed by atoms with Gasteiger partial charge in [-0.3, -0.25) is 9.59 Å². The molecule has 0 unspecified atom stereocenters. The number of nitrogens with zero attached hydrogens (tertiary/aromatic N) is 3. The Morgan fingerprint density at radius 2 is 1.88 bits per heavy atom. The fraction of sp³-hybridized carbons (Fsp3) is 0.130. The van der Waals surface area contributed by atoms with E-state index in [-0.39, 0.29) is 17.7 Å². The lowest BCUT2D eigenvalue weighted by Crippen LogP contribution is -2.13. The number of carbonyl (C=O) groups is 2. The van der Waals surface area contributed by atoms with Crippen molar-refractivity contribution in [1.82, 2.24) is 14.6 Å². The largest absolute Gasteiger partial charge is 0.438 e. The molecule has 0 atom stereocenters. The average molecular weight is 448 g/mol. The molecule has 2 aromatic heterocycles. The number of rotatable bonds is 6. The number of nitrogens with one attached hydrogen (secondary N) is 2. The monoisotopic (exact) mass is 447 g/mol. The van der Waals surface area contributed by atoms with Gasteiger partial charge in [-0.25, -0.2) is 9.50 Å². The summed E-state index contributed by atoms with van der Waals surface area (Å²) in [4.78, 5) is 28.7. The van der Waals surface area contributed by atoms with E-state index < -0.39 is 0 Å². The van der Waals surface area contributed by atoms with Crippen molar-refractivity contribution in [3.63, 3.8) is 0 Å². The van der Waals surface area contributed by atoms with Crippen molar-refractivity contribution in [2.75, 3.05) is 10.6 Å². The number of aromatic nitrogens is 3. The van der Waals surface area contributed by atoms with Gasteiger partial charge in [0.2, 0.25) is 11.8 Å². The summed E-state index contributed by atoms with van der Waals surface area (Å²) < 4.78 is 7.40. The van der Waals surface area contributed by atoms with Gasteiger partial charge in [0.15, 0.2) is 11.5 Å². The first-order valence-corrected chi connectivity index (χ1v) is 10.4. The SMILES string of the molecule is O=C(Nc1cccc(Oc2ccc3nc(NC(=O)C4CC4)cn3n2)c1)c1cccc(Cl)c1. The highest BCUT2D eigenvalue weighted by atomic mass is 35.5. The van der Waals surface area contributed by atoms with Crippen LogP contribution in [-0.2, 0) is 4.79 Å². The minimum absolute atomic E-state index is 0.0125. The van der Waals surface area contributed by atoms with Crippen molar-refractivity contribution in [3.05, 3.63) is 77.4 Å². The van der Waals surface area contributed by atoms with E-state index >= 15 is 0 Å². The minimum Gasteiger partial charge on any atom is -0.438 e. The molecule has 0 radical (unpaired) electrons. The second kappa shape index (κ2) is 8.32. The third-order valence-electron chi connectivity index (χ3n) is 4.90. The molecule has 9 heteroatoms. The van der Waals surface area contributed by atoms with Gasteiger partial charge >= 0.3 is 0 Å². The minimum atomic E-state index is -0.275. The van der Waals surface area contributed by atoms with E-state index in [2.05, 4.69) is 20.7 Å². The maximum atomic E-state index is 12.4. The van der Waals surface area contributed by atoms with Crippen LogP contribution in [-0.4, -0.2) is 26.4 Å². The highest BCUT2D eigenvalue weighted by Gasteiger charge is 2.30. The van der Waals surface area contributed by atoms with Crippen molar-refractivity contribution < 1.29 is 14.3 Å². The lowest BCUT2D eigenvalue weighted by Gasteiger charge is -2.09. The Morgan fingerprint density at radius 1 is 1.03 bits per heavy atom. The van der Waals surface area contributed by atoms with Crippen LogP contribution in [0.25, 0.3) is 5.65 Å². The molecule has 8 nitrogen and oxygen atoms in total. The van der Waals surface area contributed by atoms with Gasteiger partial charge in [-0.1, -0.05) is 23.7 Å². The number of benzene rings is 2. The number of ether oxygens (including phenoxy) is 1. The van der Waals surface area contributed by atoms with Crippen LogP contribution in [0.4, 0.5) is 11.5 Å². The van der Waals surface area contributed by atoms with Crippen LogP contribution in [0.5, 0.6) is 11.6 Å². The summed E-state index contributed by atoms with van der Waals surface area (Å²) in [7, 11) is 0. The Labute approximate surface area is 188 Å². The predicted octanol–water partition coefficient (Wildman–Crippen LogP) is 4.78. The first kappa shape index (κ1) is 20.0. The summed E-state index contributed by atoms with van der Waals surface area (Å²) in [6.07, 6.45) is 3.49. The molecule has 5 rings (SSSR count). The molecule has 1 aliphatic carbocycles. The van der Waals surface area contributed by atoms with E-state index in [9.17, 15) is 9.59 Å². The summed E-state index contributed by atoms with van der Waals surface area (Å²) in [5.74, 6) is 1.11. The van der Waals surface area contributed by atoms with Crippen molar-refractivity contribution >= 4 is 40.6 Å². The summed E-state index contributed by atoms with van der Waals surface area (Å²) in [5.41, 5.74) is 1.62. The molecular weight excluding hydrogens is 430 g/mol. The van der Waals surface area contributed by atoms with Crippen molar-refractivity contribution in [2.45, 2.75) is 12.8 Å². The number of hydrogen-bond acceptors (Lipinski definition) is 5. The molecule has 1 aliphatic rings. The number of carbonyl (C=O) groups excluding carboxylic acids is 2. The maximum Gasteiger partial charge on any atom is 0.255 e. The first-order chi connectivity index (χ1) is 15.5. The summed E-state index contributed by atoms with van der Waals surface area (Å²) in [6, 6.07) is 17.1. The smallest absolute Gasteiger partial charge is 0.255 e. The third-order valence-corrected chi connectivity index (χ3v) is 5.13. The van der Waals surface area contributed by atoms with Crippen molar-refractivity contribution in [2.24, 2.45) is 5.92 Å². The molecule has 0 spiro atoms. The molecule has 0 bridgehead atoms. The van der Waals surface area contributed by atoms with Crippen LogP contribution in [0.15, 0.2) is 66.9 Å². The van der Waals surface area contributed by atoms with Crippen LogP contribution in [0.2, 0.25) is 5.02 Å². The zero-order valence-corrected chi connectivity index (χ0v) is 17.5. The molecule has 2 aromatic carbocycles. The van der Waals surface area contributed by atoms with Gasteiger partial charge in [0.25, 0.3) is 5.91 Å². The van der Waals surface area contributed by atoms with Crippen LogP contribution >= 0.6 is 11.6 Å². The third kappa shape index (κ3) is 4.55. The molecule has 1 saturated carbocycles.